The molecule has 0 radical (unpaired) electrons. The molecule has 1 aromatic heterocycles. The monoisotopic (exact) mass is 400 g/mol. The minimum atomic E-state index is -0.591. The number of hydrogen-bond acceptors (Lipinski definition) is 6. The summed E-state index contributed by atoms with van der Waals surface area (Å²) in [7, 11) is 1.47. The van der Waals surface area contributed by atoms with E-state index in [4.69, 9.17) is 17.0 Å². The standard InChI is InChI=1S/C18H16N4O5S/c1-9-6-11(7-13-16(23)19-18(28)20-17(13)24)10(2)21(9)14-8-12(22(25)26)4-5-15(14)27-3/h4-8H,1-3H3,(H2,19,20,23,24,28). The molecule has 144 valence electrons. The van der Waals surface area contributed by atoms with Crippen molar-refractivity contribution in [2.75, 3.05) is 7.11 Å². The Morgan fingerprint density at radius 2 is 1.82 bits per heavy atom. The van der Waals surface area contributed by atoms with Crippen LogP contribution in [0.5, 0.6) is 5.75 Å². The Morgan fingerprint density at radius 1 is 1.18 bits per heavy atom. The molecule has 1 saturated heterocycles. The van der Waals surface area contributed by atoms with Gasteiger partial charge in [-0.25, -0.2) is 0 Å². The molecule has 2 amide bonds. The van der Waals surface area contributed by atoms with Gasteiger partial charge in [0.2, 0.25) is 0 Å². The number of methoxy groups -OCH3 is 1. The van der Waals surface area contributed by atoms with Crippen LogP contribution in [0, 0.1) is 24.0 Å². The summed E-state index contributed by atoms with van der Waals surface area (Å²) in [6, 6.07) is 6.06. The van der Waals surface area contributed by atoms with Crippen molar-refractivity contribution in [3.8, 4) is 11.4 Å². The molecule has 1 aromatic carbocycles. The zero-order valence-electron chi connectivity index (χ0n) is 15.2. The fourth-order valence-corrected chi connectivity index (χ4v) is 3.22. The summed E-state index contributed by atoms with van der Waals surface area (Å²) in [5.41, 5.74) is 2.35. The number of aromatic nitrogens is 1. The molecular formula is C18H16N4O5S. The lowest BCUT2D eigenvalue weighted by molar-refractivity contribution is -0.384. The van der Waals surface area contributed by atoms with Crippen LogP contribution in [0.3, 0.4) is 0 Å². The van der Waals surface area contributed by atoms with Gasteiger partial charge in [0.15, 0.2) is 5.11 Å². The molecule has 1 aliphatic heterocycles. The van der Waals surface area contributed by atoms with Crippen molar-refractivity contribution in [3.63, 3.8) is 0 Å². The van der Waals surface area contributed by atoms with Gasteiger partial charge in [0.05, 0.1) is 17.7 Å². The van der Waals surface area contributed by atoms with Crippen LogP contribution in [0.4, 0.5) is 5.69 Å². The second-order valence-corrected chi connectivity index (χ2v) is 6.48. The summed E-state index contributed by atoms with van der Waals surface area (Å²) in [5, 5.41) is 15.9. The number of carbonyl (C=O) groups is 2. The number of rotatable bonds is 4. The van der Waals surface area contributed by atoms with Crippen molar-refractivity contribution < 1.29 is 19.2 Å². The molecule has 0 unspecified atom stereocenters. The van der Waals surface area contributed by atoms with Crippen LogP contribution >= 0.6 is 12.2 Å². The molecule has 2 N–H and O–H groups in total. The molecule has 1 aliphatic rings. The number of non-ortho nitro benzene ring substituents is 1. The fraction of sp³-hybridized carbons (Fsp3) is 0.167. The second kappa shape index (κ2) is 7.24. The number of nitro groups is 1. The van der Waals surface area contributed by atoms with E-state index >= 15 is 0 Å². The van der Waals surface area contributed by atoms with Crippen LogP contribution in [0.2, 0.25) is 0 Å². The van der Waals surface area contributed by atoms with Crippen LogP contribution in [-0.4, -0.2) is 33.5 Å². The maximum atomic E-state index is 12.1. The Bertz CT molecular complexity index is 1050. The molecule has 2 aromatic rings. The lowest BCUT2D eigenvalue weighted by Crippen LogP contribution is -2.51. The molecule has 0 bridgehead atoms. The van der Waals surface area contributed by atoms with E-state index in [9.17, 15) is 19.7 Å². The predicted molar refractivity (Wildman–Crippen MR) is 105 cm³/mol. The third-order valence-corrected chi connectivity index (χ3v) is 4.53. The van der Waals surface area contributed by atoms with Crippen LogP contribution < -0.4 is 15.4 Å². The molecule has 0 aliphatic carbocycles. The van der Waals surface area contributed by atoms with E-state index in [1.54, 1.807) is 17.6 Å². The Morgan fingerprint density at radius 3 is 2.39 bits per heavy atom. The van der Waals surface area contributed by atoms with Gasteiger partial charge >= 0.3 is 0 Å². The number of carbonyl (C=O) groups excluding carboxylic acids is 2. The van der Waals surface area contributed by atoms with Gasteiger partial charge in [-0.2, -0.15) is 0 Å². The van der Waals surface area contributed by atoms with Crippen molar-refractivity contribution in [1.82, 2.24) is 15.2 Å². The van der Waals surface area contributed by atoms with Crippen molar-refractivity contribution in [1.29, 1.82) is 0 Å². The molecule has 0 spiro atoms. The third kappa shape index (κ3) is 3.37. The van der Waals surface area contributed by atoms with E-state index in [1.807, 2.05) is 6.92 Å². The number of nitro benzene ring substituents is 1. The van der Waals surface area contributed by atoms with E-state index in [-0.39, 0.29) is 16.4 Å². The normalized spacial score (nSPS) is 13.8. The van der Waals surface area contributed by atoms with Crippen molar-refractivity contribution in [3.05, 3.63) is 56.9 Å². The minimum absolute atomic E-state index is 0.0426. The first-order chi connectivity index (χ1) is 13.2. The lowest BCUT2D eigenvalue weighted by Gasteiger charge is -2.16. The molecule has 2 heterocycles. The van der Waals surface area contributed by atoms with Crippen LogP contribution in [0.25, 0.3) is 11.8 Å². The summed E-state index contributed by atoms with van der Waals surface area (Å²) in [6.45, 7) is 3.59. The topological polar surface area (TPSA) is 116 Å². The maximum Gasteiger partial charge on any atom is 0.271 e. The summed E-state index contributed by atoms with van der Waals surface area (Å²) in [4.78, 5) is 34.8. The summed E-state index contributed by atoms with van der Waals surface area (Å²) in [6.07, 6.45) is 1.45. The van der Waals surface area contributed by atoms with Gasteiger partial charge in [0.25, 0.3) is 17.5 Å². The van der Waals surface area contributed by atoms with Gasteiger partial charge in [-0.05, 0) is 49.8 Å². The summed E-state index contributed by atoms with van der Waals surface area (Å²) >= 11 is 4.79. The second-order valence-electron chi connectivity index (χ2n) is 6.07. The molecule has 28 heavy (non-hydrogen) atoms. The van der Waals surface area contributed by atoms with Gasteiger partial charge < -0.3 is 9.30 Å². The molecule has 10 heteroatoms. The molecule has 9 nitrogen and oxygen atoms in total. The predicted octanol–water partition coefficient (Wildman–Crippen LogP) is 1.93. The highest BCUT2D eigenvalue weighted by Gasteiger charge is 2.26. The Labute approximate surface area is 165 Å². The zero-order valence-corrected chi connectivity index (χ0v) is 16.0. The van der Waals surface area contributed by atoms with Gasteiger partial charge in [0, 0.05) is 23.5 Å². The third-order valence-electron chi connectivity index (χ3n) is 4.33. The molecule has 0 saturated carbocycles. The van der Waals surface area contributed by atoms with Gasteiger partial charge in [-0.15, -0.1) is 0 Å². The number of nitrogens with zero attached hydrogens (tertiary/aromatic N) is 2. The molecular weight excluding hydrogens is 384 g/mol. The van der Waals surface area contributed by atoms with E-state index in [0.29, 0.717) is 22.7 Å². The van der Waals surface area contributed by atoms with E-state index in [2.05, 4.69) is 10.6 Å². The van der Waals surface area contributed by atoms with Crippen LogP contribution in [-0.2, 0) is 9.59 Å². The van der Waals surface area contributed by atoms with Crippen LogP contribution in [0.15, 0.2) is 29.8 Å². The summed E-state index contributed by atoms with van der Waals surface area (Å²) < 4.78 is 7.11. The van der Waals surface area contributed by atoms with Crippen LogP contribution in [0.1, 0.15) is 17.0 Å². The molecule has 3 rings (SSSR count). The van der Waals surface area contributed by atoms with Crippen molar-refractivity contribution in [2.45, 2.75) is 13.8 Å². The van der Waals surface area contributed by atoms with E-state index in [0.717, 1.165) is 5.69 Å². The average molecular weight is 400 g/mol. The highest BCUT2D eigenvalue weighted by molar-refractivity contribution is 7.80. The largest absolute Gasteiger partial charge is 0.495 e. The number of amides is 2. The van der Waals surface area contributed by atoms with Gasteiger partial charge in [0.1, 0.15) is 11.3 Å². The highest BCUT2D eigenvalue weighted by atomic mass is 32.1. The quantitative estimate of drug-likeness (QED) is 0.266. The van der Waals surface area contributed by atoms with Gasteiger partial charge in [-0.1, -0.05) is 0 Å². The number of nitrogens with one attached hydrogen (secondary N) is 2. The van der Waals surface area contributed by atoms with Crippen molar-refractivity contribution >= 4 is 40.9 Å². The molecule has 0 atom stereocenters. The first kappa shape index (κ1) is 19.2. The summed E-state index contributed by atoms with van der Waals surface area (Å²) in [5.74, 6) is -0.733. The zero-order chi connectivity index (χ0) is 20.6. The number of thiocarbonyl (C=S) groups is 1. The lowest BCUT2D eigenvalue weighted by atomic mass is 10.1. The Kier molecular flexibility index (Phi) is 4.97. The SMILES string of the molecule is COc1ccc([N+](=O)[O-])cc1-n1c(C)cc(C=C2C(=O)NC(=S)NC2=O)c1C. The number of benzene rings is 1. The first-order valence-corrected chi connectivity index (χ1v) is 8.54. The maximum absolute atomic E-state index is 12.1. The molecule has 1 fully saturated rings. The first-order valence-electron chi connectivity index (χ1n) is 8.13. The smallest absolute Gasteiger partial charge is 0.271 e. The highest BCUT2D eigenvalue weighted by Crippen LogP contribution is 2.32. The average Bonchev–Trinajstić information content (AvgIpc) is 2.90. The van der Waals surface area contributed by atoms with Crippen molar-refractivity contribution in [2.24, 2.45) is 0 Å². The minimum Gasteiger partial charge on any atom is -0.495 e. The number of aryl methyl sites for hydroxylation is 1. The number of hydrogen-bond donors (Lipinski definition) is 2. The van der Waals surface area contributed by atoms with E-state index < -0.39 is 16.7 Å². The van der Waals surface area contributed by atoms with E-state index in [1.165, 1.54) is 31.4 Å². The Hall–Kier alpha value is -3.53. The number of ether oxygens (including phenoxy) is 1. The fourth-order valence-electron chi connectivity index (χ4n) is 3.03. The van der Waals surface area contributed by atoms with Gasteiger partial charge in [-0.3, -0.25) is 30.3 Å². The Balaban J connectivity index is 2.14.